The molecule has 1 aromatic heterocycles. The largest absolute Gasteiger partial charge is 0.504 e. The maximum Gasteiger partial charge on any atom is 0.417 e. The molecule has 5 rings (SSSR count). The molecular weight excluding hydrogens is 582 g/mol. The van der Waals surface area contributed by atoms with Gasteiger partial charge in [-0.3, -0.25) is 15.0 Å². The highest BCUT2D eigenvalue weighted by Gasteiger charge is 2.66. The van der Waals surface area contributed by atoms with Crippen molar-refractivity contribution in [3.05, 3.63) is 106 Å². The number of rotatable bonds is 6. The fourth-order valence-corrected chi connectivity index (χ4v) is 6.00. The van der Waals surface area contributed by atoms with Gasteiger partial charge in [-0.15, -0.1) is 0 Å². The minimum atomic E-state index is -4.69. The van der Waals surface area contributed by atoms with E-state index < -0.39 is 45.8 Å². The molecule has 2 heterocycles. The molecule has 41 heavy (non-hydrogen) atoms. The van der Waals surface area contributed by atoms with Crippen molar-refractivity contribution in [1.29, 1.82) is 0 Å². The molecule has 0 spiro atoms. The van der Waals surface area contributed by atoms with E-state index in [4.69, 9.17) is 27.9 Å². The minimum absolute atomic E-state index is 0.117. The number of carbonyl (C=O) groups excluding carboxylic acids is 2. The van der Waals surface area contributed by atoms with Gasteiger partial charge in [-0.25, -0.2) is 4.98 Å². The van der Waals surface area contributed by atoms with Crippen LogP contribution in [0.2, 0.25) is 10.0 Å². The summed E-state index contributed by atoms with van der Waals surface area (Å²) in [7, 11) is 1.39. The van der Waals surface area contributed by atoms with Crippen molar-refractivity contribution in [2.45, 2.75) is 23.9 Å². The molecule has 7 nitrogen and oxygen atoms in total. The average Bonchev–Trinajstić information content (AvgIpc) is 3.15. The molecule has 1 aliphatic heterocycles. The summed E-state index contributed by atoms with van der Waals surface area (Å²) in [6.07, 6.45) is -0.558. The summed E-state index contributed by atoms with van der Waals surface area (Å²) in [6.45, 7) is 3.93. The zero-order valence-electron chi connectivity index (χ0n) is 21.4. The number of phenolic OH excluding ortho intramolecular Hbond substituents is 1. The van der Waals surface area contributed by atoms with Crippen LogP contribution in [-0.4, -0.2) is 34.0 Å². The number of allylic oxidation sites excluding steroid dienone is 3. The zero-order chi connectivity index (χ0) is 29.7. The highest BCUT2D eigenvalue weighted by Crippen LogP contribution is 2.58. The number of aromatic hydroxyl groups is 1. The quantitative estimate of drug-likeness (QED) is 0.306. The summed E-state index contributed by atoms with van der Waals surface area (Å²) < 4.78 is 44.8. The Morgan fingerprint density at radius 2 is 1.88 bits per heavy atom. The van der Waals surface area contributed by atoms with Crippen molar-refractivity contribution >= 4 is 40.8 Å². The molecule has 1 aliphatic carbocycles. The van der Waals surface area contributed by atoms with Gasteiger partial charge < -0.3 is 9.84 Å². The first-order valence-electron chi connectivity index (χ1n) is 12.3. The van der Waals surface area contributed by atoms with Crippen LogP contribution in [0.3, 0.4) is 0 Å². The lowest BCUT2D eigenvalue weighted by atomic mass is 9.56. The van der Waals surface area contributed by atoms with Crippen molar-refractivity contribution in [3.63, 3.8) is 0 Å². The number of fused-ring (bicyclic) bond motifs is 1. The number of hydrogen-bond acceptors (Lipinski definition) is 6. The Bertz CT molecular complexity index is 1590. The predicted octanol–water partition coefficient (Wildman–Crippen LogP) is 6.67. The molecule has 2 N–H and O–H groups in total. The summed E-state index contributed by atoms with van der Waals surface area (Å²) in [4.78, 5) is 32.3. The molecule has 3 atom stereocenters. The first-order chi connectivity index (χ1) is 19.4. The lowest BCUT2D eigenvalue weighted by Crippen LogP contribution is -2.48. The fourth-order valence-electron chi connectivity index (χ4n) is 5.67. The standard InChI is InChI=1S/C29H22Cl2F3N3O4/c1-3-15-4-10-20-26(39)37(36-25-21(31)13-18(14-35-25)29(32,33)34)27(40)28(20,17-6-8-19(30)9-7-17)24(15)16-5-11-22(38)23(12-16)41-2/h3-9,11-14,20,24,38H,1,10H2,2H3,(H,35,36)/t20-,24+,28+/m0/s1. The van der Waals surface area contributed by atoms with Crippen LogP contribution in [0.1, 0.15) is 29.0 Å². The number of hydrogen-bond donors (Lipinski definition) is 2. The second-order valence-electron chi connectivity index (χ2n) is 9.58. The van der Waals surface area contributed by atoms with Crippen LogP contribution in [0, 0.1) is 5.92 Å². The third-order valence-electron chi connectivity index (χ3n) is 7.48. The SMILES string of the molecule is C=CC1=CC[C@H]2C(=O)N(Nc3ncc(C(F)(F)F)cc3Cl)C(=O)[C@@]2(c2ccc(Cl)cc2)[C@H]1c1ccc(O)c(OC)c1. The highest BCUT2D eigenvalue weighted by atomic mass is 35.5. The van der Waals surface area contributed by atoms with Gasteiger partial charge in [0, 0.05) is 17.1 Å². The molecule has 0 bridgehead atoms. The van der Waals surface area contributed by atoms with Gasteiger partial charge in [0.2, 0.25) is 0 Å². The van der Waals surface area contributed by atoms with E-state index in [9.17, 15) is 27.9 Å². The number of aromatic nitrogens is 1. The number of nitrogens with zero attached hydrogens (tertiary/aromatic N) is 2. The van der Waals surface area contributed by atoms with Gasteiger partial charge in [-0.05, 0) is 53.5 Å². The van der Waals surface area contributed by atoms with Crippen molar-refractivity contribution in [2.24, 2.45) is 5.92 Å². The van der Waals surface area contributed by atoms with Crippen molar-refractivity contribution < 1.29 is 32.6 Å². The first kappa shape index (κ1) is 28.5. The molecule has 2 amide bonds. The van der Waals surface area contributed by atoms with Crippen LogP contribution in [0.5, 0.6) is 11.5 Å². The minimum Gasteiger partial charge on any atom is -0.504 e. The van der Waals surface area contributed by atoms with Gasteiger partial charge in [0.1, 0.15) is 0 Å². The van der Waals surface area contributed by atoms with Crippen molar-refractivity contribution in [2.75, 3.05) is 12.5 Å². The molecule has 1 saturated heterocycles. The number of hydrazine groups is 1. The maximum atomic E-state index is 14.6. The molecule has 0 unspecified atom stereocenters. The molecule has 1 fully saturated rings. The smallest absolute Gasteiger partial charge is 0.417 e. The van der Waals surface area contributed by atoms with Crippen LogP contribution in [0.4, 0.5) is 19.0 Å². The highest BCUT2D eigenvalue weighted by molar-refractivity contribution is 6.33. The number of methoxy groups -OCH3 is 1. The van der Waals surface area contributed by atoms with Crippen LogP contribution >= 0.6 is 23.2 Å². The van der Waals surface area contributed by atoms with E-state index in [2.05, 4.69) is 17.0 Å². The lowest BCUT2D eigenvalue weighted by molar-refractivity contribution is -0.139. The number of anilines is 1. The van der Waals surface area contributed by atoms with E-state index >= 15 is 0 Å². The van der Waals surface area contributed by atoms with Gasteiger partial charge in [-0.1, -0.05) is 60.1 Å². The number of nitrogens with one attached hydrogen (secondary N) is 1. The molecule has 12 heteroatoms. The number of halogens is 5. The van der Waals surface area contributed by atoms with Crippen LogP contribution in [0.25, 0.3) is 0 Å². The topological polar surface area (TPSA) is 91.8 Å². The summed E-state index contributed by atoms with van der Waals surface area (Å²) in [5, 5.41) is 11.0. The number of pyridine rings is 1. The van der Waals surface area contributed by atoms with Crippen LogP contribution < -0.4 is 10.2 Å². The molecule has 0 saturated carbocycles. The third kappa shape index (κ3) is 4.61. The molecular formula is C29H22Cl2F3N3O4. The van der Waals surface area contributed by atoms with Crippen LogP contribution in [-0.2, 0) is 21.2 Å². The summed E-state index contributed by atoms with van der Waals surface area (Å²) in [5.41, 5.74) is 1.62. The predicted molar refractivity (Wildman–Crippen MR) is 147 cm³/mol. The number of ether oxygens (including phenoxy) is 1. The number of amides is 2. The molecule has 212 valence electrons. The Labute approximate surface area is 242 Å². The molecule has 3 aromatic rings. The van der Waals surface area contributed by atoms with E-state index in [0.29, 0.717) is 34.0 Å². The van der Waals surface area contributed by atoms with Crippen molar-refractivity contribution in [1.82, 2.24) is 9.99 Å². The van der Waals surface area contributed by atoms with Gasteiger partial charge in [0.15, 0.2) is 17.3 Å². The van der Waals surface area contributed by atoms with E-state index in [1.807, 2.05) is 6.08 Å². The number of imide groups is 1. The molecule has 0 radical (unpaired) electrons. The number of benzene rings is 2. The average molecular weight is 604 g/mol. The van der Waals surface area contributed by atoms with Gasteiger partial charge in [0.25, 0.3) is 11.8 Å². The Morgan fingerprint density at radius 1 is 1.17 bits per heavy atom. The summed E-state index contributed by atoms with van der Waals surface area (Å²) in [5.74, 6) is -3.29. The monoisotopic (exact) mass is 603 g/mol. The van der Waals surface area contributed by atoms with Gasteiger partial charge >= 0.3 is 6.18 Å². The van der Waals surface area contributed by atoms with Crippen molar-refractivity contribution in [3.8, 4) is 11.5 Å². The fraction of sp³-hybridized carbons (Fsp3) is 0.207. The lowest BCUT2D eigenvalue weighted by Gasteiger charge is -2.43. The first-order valence-corrected chi connectivity index (χ1v) is 13.0. The summed E-state index contributed by atoms with van der Waals surface area (Å²) in [6, 6.07) is 11.8. The Hall–Kier alpha value is -4.02. The zero-order valence-corrected chi connectivity index (χ0v) is 22.9. The van der Waals surface area contributed by atoms with E-state index in [1.54, 1.807) is 42.5 Å². The third-order valence-corrected chi connectivity index (χ3v) is 8.02. The summed E-state index contributed by atoms with van der Waals surface area (Å²) >= 11 is 12.3. The number of phenols is 1. The molecule has 2 aliphatic rings. The Morgan fingerprint density at radius 3 is 2.49 bits per heavy atom. The maximum absolute atomic E-state index is 14.6. The van der Waals surface area contributed by atoms with E-state index in [0.717, 1.165) is 5.01 Å². The van der Waals surface area contributed by atoms with E-state index in [-0.39, 0.29) is 23.7 Å². The Balaban J connectivity index is 1.70. The van der Waals surface area contributed by atoms with E-state index in [1.165, 1.54) is 13.2 Å². The van der Waals surface area contributed by atoms with Gasteiger partial charge in [0.05, 0.1) is 29.0 Å². The molecule has 2 aromatic carbocycles. The second kappa shape index (κ2) is 10.4. The number of carbonyl (C=O) groups is 2. The van der Waals surface area contributed by atoms with Gasteiger partial charge in [-0.2, -0.15) is 18.2 Å². The number of alkyl halides is 3. The second-order valence-corrected chi connectivity index (χ2v) is 10.4. The Kier molecular flexibility index (Phi) is 7.25. The normalized spacial score (nSPS) is 22.3. The van der Waals surface area contributed by atoms with Crippen LogP contribution in [0.15, 0.2) is 79.0 Å².